The van der Waals surface area contributed by atoms with E-state index in [2.05, 4.69) is 5.10 Å². The van der Waals surface area contributed by atoms with E-state index in [0.717, 1.165) is 18.4 Å². The molecule has 0 N–H and O–H groups in total. The van der Waals surface area contributed by atoms with Crippen LogP contribution in [0.3, 0.4) is 0 Å². The van der Waals surface area contributed by atoms with E-state index in [1.54, 1.807) is 10.9 Å². The average molecular weight is 318 g/mol. The Morgan fingerprint density at radius 2 is 1.74 bits per heavy atom. The van der Waals surface area contributed by atoms with Crippen LogP contribution in [-0.2, 0) is 16.1 Å². The fourth-order valence-corrected chi connectivity index (χ4v) is 3.58. The third-order valence-corrected chi connectivity index (χ3v) is 4.96. The van der Waals surface area contributed by atoms with Crippen LogP contribution in [0.5, 0.6) is 0 Å². The maximum absolute atomic E-state index is 12.5. The van der Waals surface area contributed by atoms with E-state index in [1.807, 2.05) is 22.9 Å². The number of carbonyl (C=O) groups is 2. The summed E-state index contributed by atoms with van der Waals surface area (Å²) in [5.41, 5.74) is 1.06. The molecule has 0 radical (unpaired) electrons. The molecule has 1 aliphatic carbocycles. The summed E-state index contributed by atoms with van der Waals surface area (Å²) in [6.45, 7) is 4.85. The zero-order chi connectivity index (χ0) is 16.2. The molecule has 23 heavy (non-hydrogen) atoms. The van der Waals surface area contributed by atoms with E-state index in [0.29, 0.717) is 32.1 Å². The molecule has 3 rings (SSSR count). The Kier molecular flexibility index (Phi) is 4.98. The molecule has 0 bridgehead atoms. The van der Waals surface area contributed by atoms with Crippen LogP contribution < -0.4 is 0 Å². The third kappa shape index (κ3) is 3.92. The molecule has 2 heterocycles. The van der Waals surface area contributed by atoms with Gasteiger partial charge in [0, 0.05) is 38.3 Å². The highest BCUT2D eigenvalue weighted by Gasteiger charge is 2.29. The van der Waals surface area contributed by atoms with Gasteiger partial charge in [-0.1, -0.05) is 19.3 Å². The first-order chi connectivity index (χ1) is 11.1. The van der Waals surface area contributed by atoms with Gasteiger partial charge in [0.1, 0.15) is 6.54 Å². The molecule has 0 aromatic carbocycles. The zero-order valence-electron chi connectivity index (χ0n) is 13.9. The fraction of sp³-hybridized carbons (Fsp3) is 0.706. The largest absolute Gasteiger partial charge is 0.339 e. The van der Waals surface area contributed by atoms with E-state index in [1.165, 1.54) is 19.3 Å². The number of amides is 2. The maximum atomic E-state index is 12.5. The van der Waals surface area contributed by atoms with Gasteiger partial charge in [-0.25, -0.2) is 0 Å². The Labute approximate surface area is 137 Å². The van der Waals surface area contributed by atoms with Crippen molar-refractivity contribution in [3.63, 3.8) is 0 Å². The second-order valence-electron chi connectivity index (χ2n) is 6.76. The first kappa shape index (κ1) is 16.0. The van der Waals surface area contributed by atoms with Crippen molar-refractivity contribution in [2.24, 2.45) is 5.92 Å². The molecule has 1 saturated heterocycles. The molecule has 6 heteroatoms. The predicted octanol–water partition coefficient (Wildman–Crippen LogP) is 1.44. The number of piperazine rings is 1. The summed E-state index contributed by atoms with van der Waals surface area (Å²) in [4.78, 5) is 28.7. The minimum Gasteiger partial charge on any atom is -0.339 e. The molecule has 2 aliphatic rings. The Morgan fingerprint density at radius 3 is 2.35 bits per heavy atom. The van der Waals surface area contributed by atoms with E-state index >= 15 is 0 Å². The Bertz CT molecular complexity index is 555. The van der Waals surface area contributed by atoms with Gasteiger partial charge in [-0.15, -0.1) is 0 Å². The van der Waals surface area contributed by atoms with Gasteiger partial charge in [0.25, 0.3) is 0 Å². The Hall–Kier alpha value is -1.85. The molecule has 6 nitrogen and oxygen atoms in total. The highest BCUT2D eigenvalue weighted by Crippen LogP contribution is 2.25. The number of aryl methyl sites for hydroxylation is 1. The lowest BCUT2D eigenvalue weighted by Crippen LogP contribution is -2.52. The van der Waals surface area contributed by atoms with Crippen LogP contribution in [0.1, 0.15) is 37.7 Å². The maximum Gasteiger partial charge on any atom is 0.244 e. The van der Waals surface area contributed by atoms with Gasteiger partial charge in [-0.05, 0) is 25.3 Å². The second-order valence-corrected chi connectivity index (χ2v) is 6.76. The van der Waals surface area contributed by atoms with Crippen LogP contribution in [0.2, 0.25) is 0 Å². The number of hydrogen-bond donors (Lipinski definition) is 0. The van der Waals surface area contributed by atoms with Crippen molar-refractivity contribution in [3.05, 3.63) is 18.0 Å². The minimum atomic E-state index is 0.0814. The summed E-state index contributed by atoms with van der Waals surface area (Å²) in [5.74, 6) is 0.607. The topological polar surface area (TPSA) is 58.4 Å². The molecule has 0 unspecified atom stereocenters. The van der Waals surface area contributed by atoms with Gasteiger partial charge < -0.3 is 9.80 Å². The number of rotatable bonds is 3. The summed E-state index contributed by atoms with van der Waals surface area (Å²) >= 11 is 0. The SMILES string of the molecule is Cc1cnn(CC(=O)N2CCN(C(=O)C3CCCCC3)CC2)c1. The van der Waals surface area contributed by atoms with Gasteiger partial charge in [0.05, 0.1) is 6.20 Å². The van der Waals surface area contributed by atoms with Gasteiger partial charge in [0.2, 0.25) is 11.8 Å². The van der Waals surface area contributed by atoms with Gasteiger partial charge in [0.15, 0.2) is 0 Å². The van der Waals surface area contributed by atoms with Crippen LogP contribution in [0.4, 0.5) is 0 Å². The summed E-state index contributed by atoms with van der Waals surface area (Å²) < 4.78 is 1.68. The average Bonchev–Trinajstić information content (AvgIpc) is 3.00. The lowest BCUT2D eigenvalue weighted by Gasteiger charge is -2.37. The van der Waals surface area contributed by atoms with E-state index in [9.17, 15) is 9.59 Å². The Balaban J connectivity index is 1.47. The molecule has 1 aliphatic heterocycles. The van der Waals surface area contributed by atoms with Crippen molar-refractivity contribution in [2.75, 3.05) is 26.2 Å². The molecule has 1 aromatic rings. The van der Waals surface area contributed by atoms with Crippen LogP contribution in [0.15, 0.2) is 12.4 Å². The van der Waals surface area contributed by atoms with Crippen molar-refractivity contribution in [3.8, 4) is 0 Å². The van der Waals surface area contributed by atoms with Crippen molar-refractivity contribution < 1.29 is 9.59 Å². The zero-order valence-corrected chi connectivity index (χ0v) is 13.9. The lowest BCUT2D eigenvalue weighted by atomic mass is 9.88. The highest BCUT2D eigenvalue weighted by atomic mass is 16.2. The van der Waals surface area contributed by atoms with Crippen molar-refractivity contribution in [1.82, 2.24) is 19.6 Å². The highest BCUT2D eigenvalue weighted by molar-refractivity contribution is 5.80. The van der Waals surface area contributed by atoms with Crippen molar-refractivity contribution >= 4 is 11.8 Å². The number of hydrogen-bond acceptors (Lipinski definition) is 3. The van der Waals surface area contributed by atoms with Gasteiger partial charge >= 0.3 is 0 Å². The molecular weight excluding hydrogens is 292 g/mol. The van der Waals surface area contributed by atoms with E-state index in [-0.39, 0.29) is 18.4 Å². The first-order valence-electron chi connectivity index (χ1n) is 8.69. The number of aromatic nitrogens is 2. The molecule has 1 saturated carbocycles. The molecule has 1 aromatic heterocycles. The molecule has 126 valence electrons. The van der Waals surface area contributed by atoms with Gasteiger partial charge in [-0.2, -0.15) is 5.10 Å². The summed E-state index contributed by atoms with van der Waals surface area (Å²) in [5, 5.41) is 4.16. The second kappa shape index (κ2) is 7.15. The quantitative estimate of drug-likeness (QED) is 0.847. The molecular formula is C17H26N4O2. The van der Waals surface area contributed by atoms with Crippen LogP contribution >= 0.6 is 0 Å². The van der Waals surface area contributed by atoms with Crippen molar-refractivity contribution in [1.29, 1.82) is 0 Å². The smallest absolute Gasteiger partial charge is 0.244 e. The lowest BCUT2D eigenvalue weighted by molar-refractivity contribution is -0.143. The fourth-order valence-electron chi connectivity index (χ4n) is 3.58. The normalized spacial score (nSPS) is 19.9. The molecule has 2 amide bonds. The summed E-state index contributed by atoms with van der Waals surface area (Å²) in [6.07, 6.45) is 9.33. The van der Waals surface area contributed by atoms with Gasteiger partial charge in [-0.3, -0.25) is 14.3 Å². The molecule has 0 spiro atoms. The summed E-state index contributed by atoms with van der Waals surface area (Å²) in [6, 6.07) is 0. The predicted molar refractivity (Wildman–Crippen MR) is 86.7 cm³/mol. The third-order valence-electron chi connectivity index (χ3n) is 4.96. The number of nitrogens with zero attached hydrogens (tertiary/aromatic N) is 4. The standard InChI is InChI=1S/C17H26N4O2/c1-14-11-18-21(12-14)13-16(22)19-7-9-20(10-8-19)17(23)15-5-3-2-4-6-15/h11-12,15H,2-10,13H2,1H3. The monoisotopic (exact) mass is 318 g/mol. The van der Waals surface area contributed by atoms with Crippen LogP contribution in [-0.4, -0.2) is 57.6 Å². The Morgan fingerprint density at radius 1 is 1.09 bits per heavy atom. The van der Waals surface area contributed by atoms with Crippen molar-refractivity contribution in [2.45, 2.75) is 45.6 Å². The number of carbonyl (C=O) groups excluding carboxylic acids is 2. The van der Waals surface area contributed by atoms with Crippen LogP contribution in [0.25, 0.3) is 0 Å². The molecule has 2 fully saturated rings. The molecule has 0 atom stereocenters. The van der Waals surface area contributed by atoms with E-state index < -0.39 is 0 Å². The summed E-state index contributed by atoms with van der Waals surface area (Å²) in [7, 11) is 0. The van der Waals surface area contributed by atoms with Crippen LogP contribution in [0, 0.1) is 12.8 Å². The first-order valence-corrected chi connectivity index (χ1v) is 8.69. The van der Waals surface area contributed by atoms with E-state index in [4.69, 9.17) is 0 Å². The minimum absolute atomic E-state index is 0.0814.